The quantitative estimate of drug-likeness (QED) is 0.619. The molecule has 1 aliphatic rings. The van der Waals surface area contributed by atoms with E-state index in [1.807, 2.05) is 7.05 Å². The molecule has 0 bridgehead atoms. The Hall–Kier alpha value is -1.14. The number of likely N-dealkylation sites (N-methyl/N-ethyl adjacent to an activating group) is 2. The largest absolute Gasteiger partial charge is 0.395 e. The van der Waals surface area contributed by atoms with Crippen LogP contribution in [0.4, 0.5) is 0 Å². The van der Waals surface area contributed by atoms with Gasteiger partial charge in [0, 0.05) is 39.3 Å². The number of carbonyl (C=O) groups excluding carboxylic acids is 2. The first-order valence-corrected chi connectivity index (χ1v) is 5.97. The molecule has 0 spiro atoms. The molecule has 0 aliphatic carbocycles. The molecule has 1 N–H and O–H groups in total. The van der Waals surface area contributed by atoms with E-state index < -0.39 is 11.8 Å². The van der Waals surface area contributed by atoms with Crippen molar-refractivity contribution in [3.8, 4) is 0 Å². The summed E-state index contributed by atoms with van der Waals surface area (Å²) in [7, 11) is 1.99. The number of aliphatic hydroxyl groups is 1. The normalized spacial score (nSPS) is 17.0. The Kier molecular flexibility index (Phi) is 5.37. The second-order valence-electron chi connectivity index (χ2n) is 4.20. The molecule has 1 rings (SSSR count). The van der Waals surface area contributed by atoms with Crippen LogP contribution in [0.1, 0.15) is 6.92 Å². The van der Waals surface area contributed by atoms with Crippen molar-refractivity contribution >= 4 is 11.8 Å². The van der Waals surface area contributed by atoms with E-state index in [-0.39, 0.29) is 13.2 Å². The molecule has 6 nitrogen and oxygen atoms in total. The maximum Gasteiger partial charge on any atom is 0.312 e. The third-order valence-electron chi connectivity index (χ3n) is 3.01. The van der Waals surface area contributed by atoms with Crippen molar-refractivity contribution < 1.29 is 14.7 Å². The molecule has 2 amide bonds. The number of rotatable bonds is 3. The first kappa shape index (κ1) is 13.9. The van der Waals surface area contributed by atoms with Gasteiger partial charge in [0.05, 0.1) is 6.61 Å². The number of aliphatic hydroxyl groups excluding tert-OH is 1. The van der Waals surface area contributed by atoms with Crippen molar-refractivity contribution in [3.63, 3.8) is 0 Å². The number of carbonyl (C=O) groups is 2. The van der Waals surface area contributed by atoms with Crippen LogP contribution in [-0.4, -0.2) is 84.5 Å². The molecule has 0 saturated carbocycles. The highest BCUT2D eigenvalue weighted by molar-refractivity contribution is 6.34. The lowest BCUT2D eigenvalue weighted by molar-refractivity contribution is -0.152. The first-order valence-electron chi connectivity index (χ1n) is 5.97. The summed E-state index contributed by atoms with van der Waals surface area (Å²) in [5, 5.41) is 8.82. The summed E-state index contributed by atoms with van der Waals surface area (Å²) in [6.07, 6.45) is 0. The Balaban J connectivity index is 2.53. The number of amides is 2. The molecule has 1 heterocycles. The van der Waals surface area contributed by atoms with Gasteiger partial charge in [-0.3, -0.25) is 9.59 Å². The SMILES string of the molecule is CCN(CCO)C(=O)C(=O)N1CCN(C)CC1. The average Bonchev–Trinajstić information content (AvgIpc) is 2.35. The summed E-state index contributed by atoms with van der Waals surface area (Å²) < 4.78 is 0. The molecular weight excluding hydrogens is 222 g/mol. The molecule has 0 aromatic heterocycles. The Bertz CT molecular complexity index is 275. The third kappa shape index (κ3) is 3.67. The predicted octanol–water partition coefficient (Wildman–Crippen LogP) is -1.40. The van der Waals surface area contributed by atoms with E-state index in [1.165, 1.54) is 4.90 Å². The molecule has 6 heteroatoms. The van der Waals surface area contributed by atoms with E-state index in [1.54, 1.807) is 11.8 Å². The van der Waals surface area contributed by atoms with E-state index in [0.717, 1.165) is 13.1 Å². The topological polar surface area (TPSA) is 64.1 Å². The molecule has 0 radical (unpaired) electrons. The van der Waals surface area contributed by atoms with Gasteiger partial charge in [0.1, 0.15) is 0 Å². The van der Waals surface area contributed by atoms with Crippen LogP contribution >= 0.6 is 0 Å². The lowest BCUT2D eigenvalue weighted by Crippen LogP contribution is -2.52. The lowest BCUT2D eigenvalue weighted by atomic mass is 10.3. The van der Waals surface area contributed by atoms with Crippen LogP contribution in [0.2, 0.25) is 0 Å². The lowest BCUT2D eigenvalue weighted by Gasteiger charge is -2.33. The zero-order valence-corrected chi connectivity index (χ0v) is 10.6. The maximum absolute atomic E-state index is 11.9. The van der Waals surface area contributed by atoms with Crippen LogP contribution in [0.15, 0.2) is 0 Å². The van der Waals surface area contributed by atoms with Crippen molar-refractivity contribution in [2.45, 2.75) is 6.92 Å². The van der Waals surface area contributed by atoms with Gasteiger partial charge in [-0.2, -0.15) is 0 Å². The molecule has 17 heavy (non-hydrogen) atoms. The summed E-state index contributed by atoms with van der Waals surface area (Å²) in [4.78, 5) is 28.9. The highest BCUT2D eigenvalue weighted by Gasteiger charge is 2.27. The van der Waals surface area contributed by atoms with Crippen LogP contribution in [0, 0.1) is 0 Å². The van der Waals surface area contributed by atoms with Crippen LogP contribution < -0.4 is 0 Å². The molecule has 0 unspecified atom stereocenters. The molecule has 1 saturated heterocycles. The van der Waals surface area contributed by atoms with Gasteiger partial charge in [-0.25, -0.2) is 0 Å². The highest BCUT2D eigenvalue weighted by atomic mass is 16.3. The third-order valence-corrected chi connectivity index (χ3v) is 3.01. The van der Waals surface area contributed by atoms with Gasteiger partial charge in [-0.1, -0.05) is 0 Å². The maximum atomic E-state index is 11.9. The van der Waals surface area contributed by atoms with Crippen LogP contribution in [0.5, 0.6) is 0 Å². The number of hydrogen-bond acceptors (Lipinski definition) is 4. The number of piperazine rings is 1. The summed E-state index contributed by atoms with van der Waals surface area (Å²) in [5.74, 6) is -0.959. The van der Waals surface area contributed by atoms with Gasteiger partial charge >= 0.3 is 11.8 Å². The van der Waals surface area contributed by atoms with Crippen molar-refractivity contribution in [1.82, 2.24) is 14.7 Å². The fourth-order valence-corrected chi connectivity index (χ4v) is 1.80. The minimum atomic E-state index is -0.508. The van der Waals surface area contributed by atoms with E-state index in [4.69, 9.17) is 5.11 Å². The average molecular weight is 243 g/mol. The fraction of sp³-hybridized carbons (Fsp3) is 0.818. The smallest absolute Gasteiger partial charge is 0.312 e. The summed E-state index contributed by atoms with van der Waals surface area (Å²) >= 11 is 0. The molecule has 0 atom stereocenters. The van der Waals surface area contributed by atoms with E-state index in [2.05, 4.69) is 4.90 Å². The zero-order valence-electron chi connectivity index (χ0n) is 10.6. The molecule has 98 valence electrons. The monoisotopic (exact) mass is 243 g/mol. The van der Waals surface area contributed by atoms with Gasteiger partial charge in [0.25, 0.3) is 0 Å². The van der Waals surface area contributed by atoms with Crippen molar-refractivity contribution in [2.24, 2.45) is 0 Å². The van der Waals surface area contributed by atoms with Crippen molar-refractivity contribution in [3.05, 3.63) is 0 Å². The number of nitrogens with zero attached hydrogens (tertiary/aromatic N) is 3. The molecular formula is C11H21N3O3. The first-order chi connectivity index (χ1) is 8.10. The standard InChI is InChI=1S/C11H21N3O3/c1-3-13(8-9-15)10(16)11(17)14-6-4-12(2)5-7-14/h15H,3-9H2,1-2H3. The Morgan fingerprint density at radius 1 is 1.24 bits per heavy atom. The Morgan fingerprint density at radius 3 is 2.29 bits per heavy atom. The van der Waals surface area contributed by atoms with Crippen LogP contribution in [0.3, 0.4) is 0 Å². The van der Waals surface area contributed by atoms with E-state index in [0.29, 0.717) is 19.6 Å². The van der Waals surface area contributed by atoms with E-state index in [9.17, 15) is 9.59 Å². The van der Waals surface area contributed by atoms with Gasteiger partial charge < -0.3 is 19.8 Å². The molecule has 1 aliphatic heterocycles. The van der Waals surface area contributed by atoms with E-state index >= 15 is 0 Å². The fourth-order valence-electron chi connectivity index (χ4n) is 1.80. The Morgan fingerprint density at radius 2 is 1.82 bits per heavy atom. The molecule has 0 aromatic rings. The van der Waals surface area contributed by atoms with Gasteiger partial charge in [0.2, 0.25) is 0 Å². The predicted molar refractivity (Wildman–Crippen MR) is 63.4 cm³/mol. The minimum Gasteiger partial charge on any atom is -0.395 e. The highest BCUT2D eigenvalue weighted by Crippen LogP contribution is 2.02. The van der Waals surface area contributed by atoms with Crippen LogP contribution in [-0.2, 0) is 9.59 Å². The van der Waals surface area contributed by atoms with Crippen molar-refractivity contribution in [1.29, 1.82) is 0 Å². The molecule has 0 aromatic carbocycles. The zero-order chi connectivity index (χ0) is 12.8. The van der Waals surface area contributed by atoms with Gasteiger partial charge in [-0.05, 0) is 14.0 Å². The summed E-state index contributed by atoms with van der Waals surface area (Å²) in [6, 6.07) is 0. The van der Waals surface area contributed by atoms with Gasteiger partial charge in [-0.15, -0.1) is 0 Å². The number of hydrogen-bond donors (Lipinski definition) is 1. The van der Waals surface area contributed by atoms with Gasteiger partial charge in [0.15, 0.2) is 0 Å². The van der Waals surface area contributed by atoms with Crippen molar-refractivity contribution in [2.75, 3.05) is 52.9 Å². The summed E-state index contributed by atoms with van der Waals surface area (Å²) in [6.45, 7) is 5.12. The van der Waals surface area contributed by atoms with Crippen LogP contribution in [0.25, 0.3) is 0 Å². The Labute approximate surface area is 102 Å². The minimum absolute atomic E-state index is 0.115. The second-order valence-corrected chi connectivity index (χ2v) is 4.20. The second kappa shape index (κ2) is 6.56. The molecule has 1 fully saturated rings. The summed E-state index contributed by atoms with van der Waals surface area (Å²) in [5.41, 5.74) is 0.